The van der Waals surface area contributed by atoms with E-state index in [1.807, 2.05) is 6.92 Å². The minimum Gasteiger partial charge on any atom is -0.477 e. The number of amides is 1. The lowest BCUT2D eigenvalue weighted by atomic mass is 10.0. The Kier molecular flexibility index (Phi) is 6.30. The molecule has 1 saturated heterocycles. The Morgan fingerprint density at radius 1 is 1.17 bits per heavy atom. The van der Waals surface area contributed by atoms with Crippen molar-refractivity contribution < 1.29 is 27.1 Å². The number of nitrogens with zero attached hydrogens (tertiary/aromatic N) is 5. The van der Waals surface area contributed by atoms with Crippen LogP contribution in [0, 0.1) is 17.1 Å². The number of halogens is 4. The zero-order valence-electron chi connectivity index (χ0n) is 19.4. The summed E-state index contributed by atoms with van der Waals surface area (Å²) in [5.74, 6) is -1.19. The Labute approximate surface area is 208 Å². The summed E-state index contributed by atoms with van der Waals surface area (Å²) in [4.78, 5) is 23.8. The Morgan fingerprint density at radius 3 is 2.53 bits per heavy atom. The molecular formula is C24H19F4N5O2S. The highest BCUT2D eigenvalue weighted by molar-refractivity contribution is 7.81. The first-order valence-corrected chi connectivity index (χ1v) is 11.2. The van der Waals surface area contributed by atoms with E-state index in [1.54, 1.807) is 0 Å². The molecule has 0 N–H and O–H groups in total. The number of benzene rings is 2. The van der Waals surface area contributed by atoms with E-state index in [0.717, 1.165) is 17.0 Å². The van der Waals surface area contributed by atoms with Gasteiger partial charge in [0.1, 0.15) is 17.4 Å². The van der Waals surface area contributed by atoms with Gasteiger partial charge in [-0.15, -0.1) is 0 Å². The average Bonchev–Trinajstić information content (AvgIpc) is 3.00. The molecular weight excluding hydrogens is 498 g/mol. The van der Waals surface area contributed by atoms with Gasteiger partial charge in [-0.05, 0) is 62.8 Å². The molecule has 7 nitrogen and oxygen atoms in total. The maximum Gasteiger partial charge on any atom is 0.417 e. The van der Waals surface area contributed by atoms with E-state index < -0.39 is 34.6 Å². The molecule has 0 radical (unpaired) electrons. The SMILES string of the molecule is CCCOc1ncnc2c(F)cc(N3C(=S)N(c4ccc(C#N)c(C(F)(F)F)c4)C(=O)C3(C)C)cc12. The maximum absolute atomic E-state index is 15.1. The van der Waals surface area contributed by atoms with Crippen molar-refractivity contribution >= 4 is 45.5 Å². The standard InChI is InChI=1S/C24H19F4N5O2S/c1-4-7-35-20-16-8-15(10-18(25)19(16)30-12-31-20)33-22(36)32(21(34)23(33,2)3)14-6-5-13(11-29)17(9-14)24(26,27)28/h5-6,8-10,12H,4,7H2,1-3H3. The van der Waals surface area contributed by atoms with Crippen LogP contribution >= 0.6 is 12.2 Å². The molecule has 3 aromatic rings. The smallest absolute Gasteiger partial charge is 0.417 e. The summed E-state index contributed by atoms with van der Waals surface area (Å²) in [6.45, 7) is 5.27. The molecule has 0 unspecified atom stereocenters. The summed E-state index contributed by atoms with van der Waals surface area (Å²) >= 11 is 5.52. The van der Waals surface area contributed by atoms with Gasteiger partial charge in [-0.1, -0.05) is 6.92 Å². The van der Waals surface area contributed by atoms with Crippen molar-refractivity contribution in [3.63, 3.8) is 0 Å². The van der Waals surface area contributed by atoms with Crippen LogP contribution in [0.4, 0.5) is 28.9 Å². The number of hydrogen-bond donors (Lipinski definition) is 0. The fourth-order valence-corrected chi connectivity index (χ4v) is 4.51. The number of anilines is 2. The lowest BCUT2D eigenvalue weighted by Gasteiger charge is -2.29. The number of hydrogen-bond acceptors (Lipinski definition) is 6. The van der Waals surface area contributed by atoms with Crippen LogP contribution in [0.5, 0.6) is 5.88 Å². The number of nitriles is 1. The summed E-state index contributed by atoms with van der Waals surface area (Å²) in [7, 11) is 0. The predicted molar refractivity (Wildman–Crippen MR) is 128 cm³/mol. The number of rotatable bonds is 5. The van der Waals surface area contributed by atoms with Crippen LogP contribution in [-0.4, -0.2) is 33.1 Å². The molecule has 4 rings (SSSR count). The number of carbonyl (C=O) groups excluding carboxylic acids is 1. The second kappa shape index (κ2) is 8.98. The van der Waals surface area contributed by atoms with Crippen molar-refractivity contribution in [1.29, 1.82) is 5.26 Å². The van der Waals surface area contributed by atoms with Crippen molar-refractivity contribution in [2.75, 3.05) is 16.4 Å². The third kappa shape index (κ3) is 4.09. The van der Waals surface area contributed by atoms with Gasteiger partial charge in [0.05, 0.1) is 34.9 Å². The van der Waals surface area contributed by atoms with Crippen LogP contribution in [0.3, 0.4) is 0 Å². The van der Waals surface area contributed by atoms with Crippen LogP contribution in [0.15, 0.2) is 36.7 Å². The van der Waals surface area contributed by atoms with E-state index in [0.29, 0.717) is 19.1 Å². The van der Waals surface area contributed by atoms with Crippen molar-refractivity contribution in [2.24, 2.45) is 0 Å². The molecule has 1 amide bonds. The summed E-state index contributed by atoms with van der Waals surface area (Å²) < 4.78 is 61.4. The summed E-state index contributed by atoms with van der Waals surface area (Å²) in [5.41, 5.74) is -3.15. The second-order valence-electron chi connectivity index (χ2n) is 8.51. The molecule has 36 heavy (non-hydrogen) atoms. The number of carbonyl (C=O) groups is 1. The Hall–Kier alpha value is -3.85. The fourth-order valence-electron chi connectivity index (χ4n) is 3.99. The van der Waals surface area contributed by atoms with E-state index in [1.165, 1.54) is 43.3 Å². The monoisotopic (exact) mass is 517 g/mol. The van der Waals surface area contributed by atoms with Crippen molar-refractivity contribution in [3.05, 3.63) is 53.6 Å². The zero-order valence-corrected chi connectivity index (χ0v) is 20.2. The first-order chi connectivity index (χ1) is 16.9. The highest BCUT2D eigenvalue weighted by Crippen LogP contribution is 2.41. The van der Waals surface area contributed by atoms with Gasteiger partial charge < -0.3 is 9.64 Å². The Balaban J connectivity index is 1.84. The van der Waals surface area contributed by atoms with E-state index in [4.69, 9.17) is 22.2 Å². The van der Waals surface area contributed by atoms with Gasteiger partial charge in [0.2, 0.25) is 5.88 Å². The molecule has 0 spiro atoms. The lowest BCUT2D eigenvalue weighted by Crippen LogP contribution is -2.44. The third-order valence-electron chi connectivity index (χ3n) is 5.70. The van der Waals surface area contributed by atoms with Crippen LogP contribution in [0.1, 0.15) is 38.3 Å². The molecule has 0 atom stereocenters. The van der Waals surface area contributed by atoms with Gasteiger partial charge in [0, 0.05) is 5.69 Å². The van der Waals surface area contributed by atoms with Gasteiger partial charge in [-0.25, -0.2) is 14.4 Å². The van der Waals surface area contributed by atoms with Crippen molar-refractivity contribution in [1.82, 2.24) is 9.97 Å². The van der Waals surface area contributed by atoms with E-state index in [-0.39, 0.29) is 33.3 Å². The normalized spacial score (nSPS) is 15.5. The maximum atomic E-state index is 15.1. The first-order valence-electron chi connectivity index (χ1n) is 10.8. The largest absolute Gasteiger partial charge is 0.477 e. The van der Waals surface area contributed by atoms with Crippen LogP contribution < -0.4 is 14.5 Å². The molecule has 1 fully saturated rings. The summed E-state index contributed by atoms with van der Waals surface area (Å²) in [6, 6.07) is 7.06. The Bertz CT molecular complexity index is 1430. The average molecular weight is 518 g/mol. The predicted octanol–water partition coefficient (Wildman–Crippen LogP) is 5.36. The molecule has 0 bridgehead atoms. The number of ether oxygens (including phenoxy) is 1. The second-order valence-corrected chi connectivity index (χ2v) is 8.87. The van der Waals surface area contributed by atoms with Gasteiger partial charge in [0.15, 0.2) is 10.9 Å². The minimum atomic E-state index is -4.82. The van der Waals surface area contributed by atoms with Crippen LogP contribution in [-0.2, 0) is 11.0 Å². The molecule has 2 heterocycles. The van der Waals surface area contributed by atoms with Gasteiger partial charge in [-0.2, -0.15) is 18.4 Å². The molecule has 1 aliphatic heterocycles. The first kappa shape index (κ1) is 25.2. The van der Waals surface area contributed by atoms with Gasteiger partial charge in [-0.3, -0.25) is 9.69 Å². The number of aromatic nitrogens is 2. The summed E-state index contributed by atoms with van der Waals surface area (Å²) in [6.07, 6.45) is -2.96. The van der Waals surface area contributed by atoms with Crippen molar-refractivity contribution in [3.8, 4) is 11.9 Å². The number of thiocarbonyl (C=S) groups is 1. The van der Waals surface area contributed by atoms with Crippen molar-refractivity contribution in [2.45, 2.75) is 38.9 Å². The topological polar surface area (TPSA) is 82.3 Å². The Morgan fingerprint density at radius 2 is 1.89 bits per heavy atom. The number of fused-ring (bicyclic) bond motifs is 1. The molecule has 0 aliphatic carbocycles. The number of alkyl halides is 3. The molecule has 1 aliphatic rings. The van der Waals surface area contributed by atoms with Gasteiger partial charge >= 0.3 is 6.18 Å². The van der Waals surface area contributed by atoms with Crippen LogP contribution in [0.2, 0.25) is 0 Å². The van der Waals surface area contributed by atoms with E-state index in [9.17, 15) is 18.0 Å². The molecule has 12 heteroatoms. The third-order valence-corrected chi connectivity index (χ3v) is 6.06. The van der Waals surface area contributed by atoms with E-state index >= 15 is 4.39 Å². The molecule has 186 valence electrons. The fraction of sp³-hybridized carbons (Fsp3) is 0.292. The van der Waals surface area contributed by atoms with Crippen LogP contribution in [0.25, 0.3) is 10.9 Å². The molecule has 2 aromatic carbocycles. The van der Waals surface area contributed by atoms with Gasteiger partial charge in [0.25, 0.3) is 5.91 Å². The summed E-state index contributed by atoms with van der Waals surface area (Å²) in [5, 5.41) is 9.18. The minimum absolute atomic E-state index is 0.00729. The highest BCUT2D eigenvalue weighted by Gasteiger charge is 2.51. The zero-order chi connectivity index (χ0) is 26.4. The molecule has 1 aromatic heterocycles. The molecule has 0 saturated carbocycles. The van der Waals surface area contributed by atoms with E-state index in [2.05, 4.69) is 9.97 Å². The lowest BCUT2D eigenvalue weighted by molar-refractivity contribution is -0.137. The highest BCUT2D eigenvalue weighted by atomic mass is 32.1. The quantitative estimate of drug-likeness (QED) is 0.333.